The molecule has 0 aliphatic heterocycles. The van der Waals surface area contributed by atoms with Crippen LogP contribution in [0.15, 0.2) is 12.1 Å². The van der Waals surface area contributed by atoms with Gasteiger partial charge in [-0.1, -0.05) is 19.9 Å². The minimum absolute atomic E-state index is 0.306. The Balaban J connectivity index is 2.80. The molecule has 1 heterocycles. The smallest absolute Gasteiger partial charge is 0.423 e. The van der Waals surface area contributed by atoms with Crippen LogP contribution >= 0.6 is 11.3 Å². The fourth-order valence-electron chi connectivity index (χ4n) is 1.30. The second-order valence-corrected chi connectivity index (χ2v) is 7.10. The summed E-state index contributed by atoms with van der Waals surface area (Å²) in [7, 11) is -0.941. The molecule has 0 aliphatic rings. The van der Waals surface area contributed by atoms with Crippen molar-refractivity contribution in [3.63, 3.8) is 0 Å². The first-order valence-corrected chi connectivity index (χ1v) is 7.04. The van der Waals surface area contributed by atoms with Crippen LogP contribution in [0.5, 0.6) is 0 Å². The largest absolute Gasteiger partial charge is 0.502 e. The third-order valence-corrected chi connectivity index (χ3v) is 4.71. The van der Waals surface area contributed by atoms with Gasteiger partial charge in [-0.2, -0.15) is 0 Å². The van der Waals surface area contributed by atoms with Crippen molar-refractivity contribution < 1.29 is 14.8 Å². The summed E-state index contributed by atoms with van der Waals surface area (Å²) in [6.07, 6.45) is 0. The third kappa shape index (κ3) is 3.82. The molecule has 0 fully saturated rings. The van der Waals surface area contributed by atoms with Gasteiger partial charge in [0, 0.05) is 9.65 Å². The highest BCUT2D eigenvalue weighted by Gasteiger charge is 2.32. The summed E-state index contributed by atoms with van der Waals surface area (Å²) < 4.78 is 6.42. The van der Waals surface area contributed by atoms with Crippen molar-refractivity contribution in [1.29, 1.82) is 0 Å². The SMILES string of the molecule is CC(C)C(C)(C)OB(O)c1ccc(C(C)(C)O)s1. The quantitative estimate of drug-likeness (QED) is 0.806. The second-order valence-electron chi connectivity index (χ2n) is 5.99. The van der Waals surface area contributed by atoms with Crippen molar-refractivity contribution in [2.45, 2.75) is 52.7 Å². The molecule has 18 heavy (non-hydrogen) atoms. The molecule has 0 saturated heterocycles. The van der Waals surface area contributed by atoms with Gasteiger partial charge in [-0.05, 0) is 39.7 Å². The Bertz CT molecular complexity index is 393. The molecule has 0 unspecified atom stereocenters. The average Bonchev–Trinajstić information content (AvgIpc) is 2.64. The van der Waals surface area contributed by atoms with E-state index < -0.39 is 18.3 Å². The summed E-state index contributed by atoms with van der Waals surface area (Å²) in [6.45, 7) is 11.5. The molecule has 0 aromatic carbocycles. The lowest BCUT2D eigenvalue weighted by Gasteiger charge is -2.31. The molecule has 1 rings (SSSR count). The van der Waals surface area contributed by atoms with Crippen molar-refractivity contribution in [2.24, 2.45) is 5.92 Å². The first-order chi connectivity index (χ1) is 8.04. The fraction of sp³-hybridized carbons (Fsp3) is 0.692. The summed E-state index contributed by atoms with van der Waals surface area (Å²) in [4.78, 5) is 0.822. The van der Waals surface area contributed by atoms with Gasteiger partial charge in [0.25, 0.3) is 0 Å². The molecular formula is C13H23BO3S. The molecule has 0 atom stereocenters. The predicted molar refractivity (Wildman–Crippen MR) is 77.2 cm³/mol. The second kappa shape index (κ2) is 5.33. The van der Waals surface area contributed by atoms with Crippen LogP contribution in [-0.4, -0.2) is 22.8 Å². The lowest BCUT2D eigenvalue weighted by molar-refractivity contribution is 0.0426. The number of rotatable bonds is 5. The summed E-state index contributed by atoms with van der Waals surface area (Å²) in [5, 5.41) is 20.0. The molecular weight excluding hydrogens is 247 g/mol. The van der Waals surface area contributed by atoms with Gasteiger partial charge in [0.15, 0.2) is 0 Å². The average molecular weight is 270 g/mol. The molecule has 0 bridgehead atoms. The molecule has 0 spiro atoms. The van der Waals surface area contributed by atoms with E-state index in [9.17, 15) is 10.1 Å². The zero-order valence-corrected chi connectivity index (χ0v) is 12.8. The Labute approximate surface area is 114 Å². The summed E-state index contributed by atoms with van der Waals surface area (Å²) in [5.41, 5.74) is -1.27. The van der Waals surface area contributed by atoms with E-state index in [0.717, 1.165) is 9.65 Å². The fourth-order valence-corrected chi connectivity index (χ4v) is 2.22. The minimum atomic E-state index is -0.941. The highest BCUT2D eigenvalue weighted by atomic mass is 32.1. The van der Waals surface area contributed by atoms with E-state index in [0.29, 0.717) is 5.92 Å². The van der Waals surface area contributed by atoms with Crippen LogP contribution in [0.1, 0.15) is 46.4 Å². The molecule has 5 heteroatoms. The molecule has 1 aromatic rings. The topological polar surface area (TPSA) is 49.7 Å². The standard InChI is InChI=1S/C13H23BO3S/c1-9(2)13(5,6)17-14(16)11-8-7-10(18-11)12(3,4)15/h7-9,15-16H,1-6H3. The van der Waals surface area contributed by atoms with Crippen LogP contribution in [0.3, 0.4) is 0 Å². The van der Waals surface area contributed by atoms with Crippen molar-refractivity contribution in [1.82, 2.24) is 0 Å². The highest BCUT2D eigenvalue weighted by Crippen LogP contribution is 2.25. The van der Waals surface area contributed by atoms with E-state index in [4.69, 9.17) is 4.65 Å². The molecule has 2 N–H and O–H groups in total. The molecule has 3 nitrogen and oxygen atoms in total. The Morgan fingerprint density at radius 1 is 1.22 bits per heavy atom. The number of aliphatic hydroxyl groups is 1. The first kappa shape index (κ1) is 15.7. The van der Waals surface area contributed by atoms with Crippen molar-refractivity contribution >= 4 is 23.2 Å². The number of hydrogen-bond acceptors (Lipinski definition) is 4. The van der Waals surface area contributed by atoms with Crippen LogP contribution in [-0.2, 0) is 10.3 Å². The molecule has 0 radical (unpaired) electrons. The lowest BCUT2D eigenvalue weighted by atomic mass is 9.84. The minimum Gasteiger partial charge on any atom is -0.423 e. The van der Waals surface area contributed by atoms with E-state index in [1.165, 1.54) is 11.3 Å². The van der Waals surface area contributed by atoms with Crippen molar-refractivity contribution in [3.8, 4) is 0 Å². The van der Waals surface area contributed by atoms with Crippen LogP contribution in [0.4, 0.5) is 0 Å². The Kier molecular flexibility index (Phi) is 4.65. The summed E-state index contributed by atoms with van der Waals surface area (Å²) >= 11 is 1.38. The molecule has 0 amide bonds. The highest BCUT2D eigenvalue weighted by molar-refractivity contribution is 7.22. The zero-order chi connectivity index (χ0) is 14.1. The van der Waals surface area contributed by atoms with Gasteiger partial charge in [0.05, 0.1) is 11.2 Å². The molecule has 0 aliphatic carbocycles. The van der Waals surface area contributed by atoms with Gasteiger partial charge in [-0.15, -0.1) is 11.3 Å². The normalized spacial score (nSPS) is 13.2. The van der Waals surface area contributed by atoms with Gasteiger partial charge in [0.1, 0.15) is 0 Å². The van der Waals surface area contributed by atoms with Crippen LogP contribution < -0.4 is 4.78 Å². The monoisotopic (exact) mass is 270 g/mol. The van der Waals surface area contributed by atoms with E-state index in [-0.39, 0.29) is 0 Å². The van der Waals surface area contributed by atoms with Crippen molar-refractivity contribution in [2.75, 3.05) is 0 Å². The van der Waals surface area contributed by atoms with Gasteiger partial charge < -0.3 is 14.8 Å². The van der Waals surface area contributed by atoms with E-state index in [2.05, 4.69) is 13.8 Å². The van der Waals surface area contributed by atoms with Gasteiger partial charge >= 0.3 is 7.12 Å². The van der Waals surface area contributed by atoms with Gasteiger partial charge in [-0.3, -0.25) is 0 Å². The Hall–Kier alpha value is -0.355. The zero-order valence-electron chi connectivity index (χ0n) is 12.0. The first-order valence-electron chi connectivity index (χ1n) is 6.22. The maximum absolute atomic E-state index is 10.1. The van der Waals surface area contributed by atoms with Crippen LogP contribution in [0.2, 0.25) is 0 Å². The third-order valence-electron chi connectivity index (χ3n) is 3.28. The van der Waals surface area contributed by atoms with Crippen molar-refractivity contribution in [3.05, 3.63) is 17.0 Å². The van der Waals surface area contributed by atoms with Gasteiger partial charge in [0.2, 0.25) is 0 Å². The molecule has 1 aromatic heterocycles. The van der Waals surface area contributed by atoms with Crippen LogP contribution in [0.25, 0.3) is 0 Å². The molecule has 0 saturated carbocycles. The predicted octanol–water partition coefficient (Wildman–Crippen LogP) is 2.11. The van der Waals surface area contributed by atoms with Crippen LogP contribution in [0, 0.1) is 5.92 Å². The van der Waals surface area contributed by atoms with Gasteiger partial charge in [-0.25, -0.2) is 0 Å². The Morgan fingerprint density at radius 3 is 2.17 bits per heavy atom. The van der Waals surface area contributed by atoms with E-state index in [1.807, 2.05) is 19.9 Å². The number of hydrogen-bond donors (Lipinski definition) is 2. The van der Waals surface area contributed by atoms with E-state index >= 15 is 0 Å². The lowest BCUT2D eigenvalue weighted by Crippen LogP contribution is -2.43. The summed E-state index contributed by atoms with van der Waals surface area (Å²) in [5.74, 6) is 0.306. The maximum Gasteiger partial charge on any atom is 0.502 e. The number of thiophene rings is 1. The Morgan fingerprint density at radius 2 is 1.78 bits per heavy atom. The molecule has 102 valence electrons. The van der Waals surface area contributed by atoms with E-state index in [1.54, 1.807) is 19.9 Å². The summed E-state index contributed by atoms with van der Waals surface area (Å²) in [6, 6.07) is 3.63. The maximum atomic E-state index is 10.1.